The highest BCUT2D eigenvalue weighted by atomic mass is 32.2. The largest absolute Gasteiger partial charge is 0.418 e. The number of nitrogens with zero attached hydrogens (tertiary/aromatic N) is 1. The predicted molar refractivity (Wildman–Crippen MR) is 103 cm³/mol. The molecule has 1 aliphatic rings. The lowest BCUT2D eigenvalue weighted by molar-refractivity contribution is -0.137. The molecule has 1 aliphatic heterocycles. The third kappa shape index (κ3) is 4.79. The van der Waals surface area contributed by atoms with Crippen LogP contribution in [0.1, 0.15) is 24.0 Å². The van der Waals surface area contributed by atoms with Crippen molar-refractivity contribution in [3.8, 4) is 0 Å². The average Bonchev–Trinajstić information content (AvgIpc) is 2.68. The molecule has 0 bridgehead atoms. The zero-order valence-corrected chi connectivity index (χ0v) is 16.6. The fraction of sp³-hybridized carbons (Fsp3) is 0.350. The molecule has 3 rings (SSSR count). The van der Waals surface area contributed by atoms with E-state index in [1.54, 1.807) is 12.1 Å². The van der Waals surface area contributed by atoms with Gasteiger partial charge in [-0.15, -0.1) is 0 Å². The molecule has 0 radical (unpaired) electrons. The number of amides is 1. The molecular formula is C20H21F3N2O3S. The topological polar surface area (TPSA) is 66.5 Å². The first-order valence-electron chi connectivity index (χ1n) is 9.13. The zero-order valence-electron chi connectivity index (χ0n) is 15.7. The van der Waals surface area contributed by atoms with Gasteiger partial charge in [-0.2, -0.15) is 17.5 Å². The fourth-order valence-electron chi connectivity index (χ4n) is 3.29. The van der Waals surface area contributed by atoms with E-state index in [1.807, 2.05) is 6.92 Å². The SMILES string of the molecule is Cc1ccc(S(=O)(=O)N2CCC(C(=O)Nc3ccccc3C(F)(F)F)CC2)cc1. The van der Waals surface area contributed by atoms with E-state index in [2.05, 4.69) is 5.32 Å². The van der Waals surface area contributed by atoms with Crippen LogP contribution < -0.4 is 5.32 Å². The minimum atomic E-state index is -4.57. The van der Waals surface area contributed by atoms with Gasteiger partial charge in [0.2, 0.25) is 15.9 Å². The summed E-state index contributed by atoms with van der Waals surface area (Å²) in [5.74, 6) is -1.09. The molecule has 0 unspecified atom stereocenters. The van der Waals surface area contributed by atoms with Crippen molar-refractivity contribution in [1.82, 2.24) is 4.31 Å². The van der Waals surface area contributed by atoms with Crippen LogP contribution >= 0.6 is 0 Å². The molecule has 2 aromatic carbocycles. The van der Waals surface area contributed by atoms with E-state index in [0.29, 0.717) is 0 Å². The molecule has 156 valence electrons. The fourth-order valence-corrected chi connectivity index (χ4v) is 4.76. The van der Waals surface area contributed by atoms with Crippen molar-refractivity contribution >= 4 is 21.6 Å². The van der Waals surface area contributed by atoms with E-state index >= 15 is 0 Å². The van der Waals surface area contributed by atoms with Crippen molar-refractivity contribution < 1.29 is 26.4 Å². The Kier molecular flexibility index (Phi) is 6.00. The van der Waals surface area contributed by atoms with Crippen LogP contribution in [0.4, 0.5) is 18.9 Å². The Labute approximate surface area is 167 Å². The summed E-state index contributed by atoms with van der Waals surface area (Å²) in [4.78, 5) is 12.6. The molecule has 0 aliphatic carbocycles. The highest BCUT2D eigenvalue weighted by molar-refractivity contribution is 7.89. The predicted octanol–water partition coefficient (Wildman–Crippen LogP) is 4.05. The molecule has 0 aromatic heterocycles. The second-order valence-corrected chi connectivity index (χ2v) is 8.96. The van der Waals surface area contributed by atoms with Crippen molar-refractivity contribution in [3.63, 3.8) is 0 Å². The van der Waals surface area contributed by atoms with E-state index in [0.717, 1.165) is 11.6 Å². The number of benzene rings is 2. The van der Waals surface area contributed by atoms with E-state index in [9.17, 15) is 26.4 Å². The van der Waals surface area contributed by atoms with Crippen molar-refractivity contribution in [2.75, 3.05) is 18.4 Å². The van der Waals surface area contributed by atoms with Crippen LogP contribution in [0, 0.1) is 12.8 Å². The summed E-state index contributed by atoms with van der Waals surface area (Å²) in [7, 11) is -3.66. The lowest BCUT2D eigenvalue weighted by atomic mass is 9.97. The number of hydrogen-bond acceptors (Lipinski definition) is 3. The molecule has 29 heavy (non-hydrogen) atoms. The highest BCUT2D eigenvalue weighted by Crippen LogP contribution is 2.35. The quantitative estimate of drug-likeness (QED) is 0.802. The molecule has 0 saturated carbocycles. The zero-order chi connectivity index (χ0) is 21.2. The molecule has 1 N–H and O–H groups in total. The molecule has 9 heteroatoms. The lowest BCUT2D eigenvalue weighted by Crippen LogP contribution is -2.41. The Hall–Kier alpha value is -2.39. The number of halogens is 3. The number of rotatable bonds is 4. The second kappa shape index (κ2) is 8.16. The highest BCUT2D eigenvalue weighted by Gasteiger charge is 2.35. The van der Waals surface area contributed by atoms with Gasteiger partial charge in [-0.25, -0.2) is 8.42 Å². The standard InChI is InChI=1S/C20H21F3N2O3S/c1-14-6-8-16(9-7-14)29(27,28)25-12-10-15(11-13-25)19(26)24-18-5-3-2-4-17(18)20(21,22)23/h2-9,15H,10-13H2,1H3,(H,24,26). The van der Waals surface area contributed by atoms with Crippen molar-refractivity contribution in [1.29, 1.82) is 0 Å². The van der Waals surface area contributed by atoms with Crippen LogP contribution in [0.25, 0.3) is 0 Å². The Morgan fingerprint density at radius 1 is 1.03 bits per heavy atom. The van der Waals surface area contributed by atoms with Crippen molar-refractivity contribution in [2.24, 2.45) is 5.92 Å². The summed E-state index contributed by atoms with van der Waals surface area (Å²) in [6.07, 6.45) is -4.09. The Balaban J connectivity index is 1.65. The number of sulfonamides is 1. The number of aryl methyl sites for hydroxylation is 1. The monoisotopic (exact) mass is 426 g/mol. The van der Waals surface area contributed by atoms with Gasteiger partial charge in [-0.1, -0.05) is 29.8 Å². The van der Waals surface area contributed by atoms with Crippen LogP contribution in [0.5, 0.6) is 0 Å². The van der Waals surface area contributed by atoms with Crippen molar-refractivity contribution in [2.45, 2.75) is 30.8 Å². The van der Waals surface area contributed by atoms with Crippen LogP contribution in [-0.4, -0.2) is 31.7 Å². The lowest BCUT2D eigenvalue weighted by Gasteiger charge is -2.30. The Bertz CT molecular complexity index is 981. The van der Waals surface area contributed by atoms with E-state index in [1.165, 1.54) is 34.6 Å². The normalized spacial score (nSPS) is 16.6. The number of carbonyl (C=O) groups excluding carboxylic acids is 1. The first-order valence-corrected chi connectivity index (χ1v) is 10.6. The van der Waals surface area contributed by atoms with Crippen molar-refractivity contribution in [3.05, 3.63) is 59.7 Å². The summed E-state index contributed by atoms with van der Waals surface area (Å²) in [6, 6.07) is 11.3. The van der Waals surface area contributed by atoms with Gasteiger partial charge < -0.3 is 5.32 Å². The third-order valence-corrected chi connectivity index (χ3v) is 6.89. The maximum atomic E-state index is 13.1. The summed E-state index contributed by atoms with van der Waals surface area (Å²) in [5, 5.41) is 2.35. The first kappa shape index (κ1) is 21.3. The first-order chi connectivity index (χ1) is 13.6. The third-order valence-electron chi connectivity index (χ3n) is 4.97. The van der Waals surface area contributed by atoms with E-state index in [4.69, 9.17) is 0 Å². The minimum absolute atomic E-state index is 0.134. The van der Waals surface area contributed by atoms with Crippen LogP contribution in [0.15, 0.2) is 53.4 Å². The van der Waals surface area contributed by atoms with Gasteiger partial charge in [0.25, 0.3) is 0 Å². The summed E-state index contributed by atoms with van der Waals surface area (Å²) in [6.45, 7) is 2.13. The molecule has 2 aromatic rings. The molecular weight excluding hydrogens is 405 g/mol. The number of anilines is 1. The maximum Gasteiger partial charge on any atom is 0.418 e. The Morgan fingerprint density at radius 3 is 2.21 bits per heavy atom. The van der Waals surface area contributed by atoms with Crippen LogP contribution in [0.3, 0.4) is 0 Å². The average molecular weight is 426 g/mol. The van der Waals surface area contributed by atoms with E-state index in [-0.39, 0.29) is 36.5 Å². The van der Waals surface area contributed by atoms with E-state index < -0.39 is 33.6 Å². The van der Waals surface area contributed by atoms with Gasteiger partial charge >= 0.3 is 6.18 Å². The van der Waals surface area contributed by atoms with Gasteiger partial charge in [-0.05, 0) is 44.0 Å². The number of alkyl halides is 3. The summed E-state index contributed by atoms with van der Waals surface area (Å²) < 4.78 is 66.0. The van der Waals surface area contributed by atoms with Crippen LogP contribution in [-0.2, 0) is 21.0 Å². The molecule has 5 nitrogen and oxygen atoms in total. The maximum absolute atomic E-state index is 13.1. The van der Waals surface area contributed by atoms with Gasteiger partial charge in [-0.3, -0.25) is 4.79 Å². The smallest absolute Gasteiger partial charge is 0.325 e. The number of nitrogens with one attached hydrogen (secondary N) is 1. The summed E-state index contributed by atoms with van der Waals surface area (Å²) >= 11 is 0. The van der Waals surface area contributed by atoms with Gasteiger partial charge in [0.05, 0.1) is 16.1 Å². The number of hydrogen-bond donors (Lipinski definition) is 1. The van der Waals surface area contributed by atoms with Gasteiger partial charge in [0, 0.05) is 19.0 Å². The number of carbonyl (C=O) groups is 1. The number of para-hydroxylation sites is 1. The van der Waals surface area contributed by atoms with Crippen LogP contribution in [0.2, 0.25) is 0 Å². The minimum Gasteiger partial charge on any atom is -0.325 e. The van der Waals surface area contributed by atoms with Gasteiger partial charge in [0.15, 0.2) is 0 Å². The molecule has 1 heterocycles. The van der Waals surface area contributed by atoms with Gasteiger partial charge in [0.1, 0.15) is 0 Å². The number of piperidine rings is 1. The second-order valence-electron chi connectivity index (χ2n) is 7.02. The molecule has 1 fully saturated rings. The molecule has 0 atom stereocenters. The summed E-state index contributed by atoms with van der Waals surface area (Å²) in [5.41, 5.74) is -0.258. The molecule has 0 spiro atoms. The Morgan fingerprint density at radius 2 is 1.62 bits per heavy atom. The molecule has 1 saturated heterocycles. The molecule has 1 amide bonds.